The van der Waals surface area contributed by atoms with E-state index < -0.39 is 6.04 Å². The predicted molar refractivity (Wildman–Crippen MR) is 115 cm³/mol. The lowest BCUT2D eigenvalue weighted by molar-refractivity contribution is -0.127. The Morgan fingerprint density at radius 1 is 1.10 bits per heavy atom. The van der Waals surface area contributed by atoms with Gasteiger partial charge in [-0.1, -0.05) is 48.5 Å². The fourth-order valence-corrected chi connectivity index (χ4v) is 4.26. The van der Waals surface area contributed by atoms with Crippen molar-refractivity contribution in [1.82, 2.24) is 15.1 Å². The van der Waals surface area contributed by atoms with Crippen LogP contribution in [0.3, 0.4) is 0 Å². The number of hydrogen-bond acceptors (Lipinski definition) is 3. The van der Waals surface area contributed by atoms with Crippen molar-refractivity contribution in [2.45, 2.75) is 31.8 Å². The lowest BCUT2D eigenvalue weighted by Gasteiger charge is -2.31. The van der Waals surface area contributed by atoms with Gasteiger partial charge in [-0.25, -0.2) is 4.79 Å². The number of aryl methyl sites for hydroxylation is 1. The second kappa shape index (κ2) is 8.22. The van der Waals surface area contributed by atoms with Crippen molar-refractivity contribution in [3.05, 3.63) is 77.0 Å². The Morgan fingerprint density at radius 2 is 1.80 bits per heavy atom. The van der Waals surface area contributed by atoms with Gasteiger partial charge in [-0.2, -0.15) is 0 Å². The number of likely N-dealkylation sites (N-methyl/N-ethyl adjacent to an activating group) is 1. The lowest BCUT2D eigenvalue weighted by atomic mass is 9.95. The van der Waals surface area contributed by atoms with Gasteiger partial charge in [-0.3, -0.25) is 9.69 Å². The molecule has 0 fully saturated rings. The normalized spacial score (nSPS) is 19.6. The molecule has 2 aliphatic heterocycles. The number of carbonyl (C=O) groups is 2. The number of rotatable bonds is 6. The zero-order valence-electron chi connectivity index (χ0n) is 17.6. The van der Waals surface area contributed by atoms with Crippen molar-refractivity contribution < 1.29 is 14.3 Å². The molecule has 0 radical (unpaired) electrons. The third kappa shape index (κ3) is 3.54. The van der Waals surface area contributed by atoms with Crippen molar-refractivity contribution in [3.8, 4) is 5.75 Å². The number of carbonyl (C=O) groups excluding carboxylic acids is 2. The van der Waals surface area contributed by atoms with Crippen LogP contribution in [0.4, 0.5) is 4.79 Å². The molecule has 2 aromatic rings. The van der Waals surface area contributed by atoms with Gasteiger partial charge in [0, 0.05) is 18.7 Å². The van der Waals surface area contributed by atoms with Crippen LogP contribution in [0.5, 0.6) is 5.75 Å². The maximum Gasteiger partial charge on any atom is 0.322 e. The molecule has 0 unspecified atom stereocenters. The number of urea groups is 1. The van der Waals surface area contributed by atoms with Crippen molar-refractivity contribution in [2.75, 3.05) is 20.7 Å². The number of para-hydroxylation sites is 1. The average Bonchev–Trinajstić information content (AvgIpc) is 3.13. The van der Waals surface area contributed by atoms with Crippen LogP contribution in [0.15, 0.2) is 65.9 Å². The van der Waals surface area contributed by atoms with Crippen molar-refractivity contribution in [1.29, 1.82) is 0 Å². The molecule has 2 heterocycles. The molecule has 1 N–H and O–H groups in total. The molecule has 0 saturated carbocycles. The number of nitrogens with zero attached hydrogens (tertiary/aromatic N) is 2. The van der Waals surface area contributed by atoms with Crippen molar-refractivity contribution in [3.63, 3.8) is 0 Å². The highest BCUT2D eigenvalue weighted by molar-refractivity contribution is 6.01. The van der Waals surface area contributed by atoms with Gasteiger partial charge >= 0.3 is 6.03 Å². The molecule has 4 rings (SSSR count). The van der Waals surface area contributed by atoms with Gasteiger partial charge in [0.25, 0.3) is 5.91 Å². The van der Waals surface area contributed by atoms with Gasteiger partial charge in [0.2, 0.25) is 0 Å². The molecule has 6 nitrogen and oxygen atoms in total. The fourth-order valence-electron chi connectivity index (χ4n) is 4.26. The summed E-state index contributed by atoms with van der Waals surface area (Å²) in [6.45, 7) is 2.52. The quantitative estimate of drug-likeness (QED) is 0.800. The molecule has 0 aromatic heterocycles. The monoisotopic (exact) mass is 405 g/mol. The topological polar surface area (TPSA) is 61.9 Å². The van der Waals surface area contributed by atoms with Gasteiger partial charge < -0.3 is 15.0 Å². The summed E-state index contributed by atoms with van der Waals surface area (Å²) in [7, 11) is 3.31. The van der Waals surface area contributed by atoms with Crippen LogP contribution in [0.1, 0.15) is 30.5 Å². The maximum absolute atomic E-state index is 13.5. The summed E-state index contributed by atoms with van der Waals surface area (Å²) in [4.78, 5) is 29.5. The largest absolute Gasteiger partial charge is 0.496 e. The first-order chi connectivity index (χ1) is 14.5. The lowest BCUT2D eigenvalue weighted by Crippen LogP contribution is -2.45. The zero-order chi connectivity index (χ0) is 21.3. The molecule has 2 aliphatic rings. The van der Waals surface area contributed by atoms with Gasteiger partial charge in [0.1, 0.15) is 5.75 Å². The van der Waals surface area contributed by atoms with E-state index >= 15 is 0 Å². The third-order valence-corrected chi connectivity index (χ3v) is 6.06. The van der Waals surface area contributed by atoms with Crippen LogP contribution in [0.2, 0.25) is 0 Å². The first-order valence-electron chi connectivity index (χ1n) is 10.3. The van der Waals surface area contributed by atoms with Gasteiger partial charge in [-0.15, -0.1) is 0 Å². The number of methoxy groups -OCH3 is 1. The Hall–Kier alpha value is -3.28. The number of hydrogen-bond donors (Lipinski definition) is 1. The first-order valence-corrected chi connectivity index (χ1v) is 10.3. The van der Waals surface area contributed by atoms with E-state index in [1.165, 1.54) is 5.56 Å². The number of ether oxygens (including phenoxy) is 1. The van der Waals surface area contributed by atoms with E-state index in [4.69, 9.17) is 4.74 Å². The summed E-state index contributed by atoms with van der Waals surface area (Å²) in [5.74, 6) is 0.635. The summed E-state index contributed by atoms with van der Waals surface area (Å²) < 4.78 is 5.49. The smallest absolute Gasteiger partial charge is 0.322 e. The molecule has 30 heavy (non-hydrogen) atoms. The van der Waals surface area contributed by atoms with E-state index in [0.29, 0.717) is 17.9 Å². The van der Waals surface area contributed by atoms with E-state index in [2.05, 4.69) is 24.4 Å². The molecule has 0 aliphatic carbocycles. The third-order valence-electron chi connectivity index (χ3n) is 6.06. The molecule has 3 amide bonds. The summed E-state index contributed by atoms with van der Waals surface area (Å²) in [5.41, 5.74) is 3.45. The summed E-state index contributed by atoms with van der Waals surface area (Å²) in [5, 5.41) is 2.98. The van der Waals surface area contributed by atoms with Crippen LogP contribution in [-0.4, -0.2) is 48.5 Å². The Morgan fingerprint density at radius 3 is 2.53 bits per heavy atom. The van der Waals surface area contributed by atoms with Crippen LogP contribution < -0.4 is 10.1 Å². The van der Waals surface area contributed by atoms with E-state index in [0.717, 1.165) is 24.1 Å². The van der Waals surface area contributed by atoms with Crippen LogP contribution in [0, 0.1) is 0 Å². The minimum atomic E-state index is -0.515. The van der Waals surface area contributed by atoms with Gasteiger partial charge in [-0.05, 0) is 31.4 Å². The number of nitrogens with one attached hydrogen (secondary N) is 1. The predicted octanol–water partition coefficient (Wildman–Crippen LogP) is 3.51. The molecule has 156 valence electrons. The second-order valence-electron chi connectivity index (χ2n) is 7.85. The highest BCUT2D eigenvalue weighted by Gasteiger charge is 2.44. The second-order valence-corrected chi connectivity index (χ2v) is 7.85. The molecule has 0 saturated heterocycles. The van der Waals surface area contributed by atoms with Crippen LogP contribution in [0.25, 0.3) is 0 Å². The van der Waals surface area contributed by atoms with E-state index in [-0.39, 0.29) is 18.0 Å². The Kier molecular flexibility index (Phi) is 5.48. The highest BCUT2D eigenvalue weighted by Crippen LogP contribution is 2.39. The van der Waals surface area contributed by atoms with Crippen molar-refractivity contribution in [2.24, 2.45) is 0 Å². The fraction of sp³-hybridized carbons (Fsp3) is 0.333. The summed E-state index contributed by atoms with van der Waals surface area (Å²) >= 11 is 0. The van der Waals surface area contributed by atoms with Gasteiger partial charge in [0.15, 0.2) is 0 Å². The van der Waals surface area contributed by atoms with E-state index in [9.17, 15) is 9.59 Å². The van der Waals surface area contributed by atoms with E-state index in [1.54, 1.807) is 19.1 Å². The molecule has 2 atom stereocenters. The molecule has 6 heteroatoms. The standard InChI is InChI=1S/C24H27N3O3/c1-16(13-14-17-9-5-4-6-10-17)27-15-19-21(23(27)28)22(25-24(29)26(19)2)18-11-7-8-12-20(18)30-3/h4-12,16,22H,13-15H2,1-3H3,(H,25,29)/t16-,22+/m0/s1. The van der Waals surface area contributed by atoms with Crippen molar-refractivity contribution >= 4 is 11.9 Å². The Balaban J connectivity index is 1.59. The number of benzene rings is 2. The summed E-state index contributed by atoms with van der Waals surface area (Å²) in [6, 6.07) is 17.1. The van der Waals surface area contributed by atoms with Crippen LogP contribution >= 0.6 is 0 Å². The molecule has 2 aromatic carbocycles. The Labute approximate surface area is 177 Å². The SMILES string of the molecule is COc1ccccc1[C@H]1NC(=O)N(C)C2=C1C(=O)N([C@@H](C)CCc1ccccc1)C2. The summed E-state index contributed by atoms with van der Waals surface area (Å²) in [6.07, 6.45) is 1.76. The highest BCUT2D eigenvalue weighted by atomic mass is 16.5. The average molecular weight is 405 g/mol. The molecule has 0 bridgehead atoms. The first kappa shape index (κ1) is 20.0. The Bertz CT molecular complexity index is 986. The van der Waals surface area contributed by atoms with E-state index in [1.807, 2.05) is 47.4 Å². The molecular weight excluding hydrogens is 378 g/mol. The molecule has 0 spiro atoms. The zero-order valence-corrected chi connectivity index (χ0v) is 17.6. The minimum Gasteiger partial charge on any atom is -0.496 e. The maximum atomic E-state index is 13.5. The van der Waals surface area contributed by atoms with Crippen LogP contribution in [-0.2, 0) is 11.2 Å². The van der Waals surface area contributed by atoms with Gasteiger partial charge in [0.05, 0.1) is 31.0 Å². The minimum absolute atomic E-state index is 0.0201. The molecular formula is C24H27N3O3. The number of amides is 3.